The molecule has 2 aliphatic rings. The first-order valence-electron chi connectivity index (χ1n) is 11.5. The van der Waals surface area contributed by atoms with E-state index in [0.29, 0.717) is 19.4 Å². The van der Waals surface area contributed by atoms with Gasteiger partial charge >= 0.3 is 12.1 Å². The topological polar surface area (TPSA) is 105 Å². The van der Waals surface area contributed by atoms with Gasteiger partial charge in [-0.1, -0.05) is 62.4 Å². The van der Waals surface area contributed by atoms with Gasteiger partial charge in [0.1, 0.15) is 12.6 Å². The van der Waals surface area contributed by atoms with Crippen LogP contribution in [0.25, 0.3) is 11.1 Å². The molecule has 0 bridgehead atoms. The highest BCUT2D eigenvalue weighted by molar-refractivity contribution is 5.86. The van der Waals surface area contributed by atoms with E-state index < -0.39 is 18.1 Å². The van der Waals surface area contributed by atoms with Gasteiger partial charge in [0, 0.05) is 18.4 Å². The first-order chi connectivity index (χ1) is 15.8. The monoisotopic (exact) mass is 450 g/mol. The summed E-state index contributed by atoms with van der Waals surface area (Å²) in [6, 6.07) is 15.4. The molecule has 2 aromatic rings. The molecule has 174 valence electrons. The summed E-state index contributed by atoms with van der Waals surface area (Å²) >= 11 is 0. The van der Waals surface area contributed by atoms with Crippen molar-refractivity contribution in [2.75, 3.05) is 13.2 Å². The lowest BCUT2D eigenvalue weighted by molar-refractivity contribution is -0.142. The minimum atomic E-state index is -1.02. The van der Waals surface area contributed by atoms with Crippen molar-refractivity contribution in [1.29, 1.82) is 0 Å². The molecule has 3 N–H and O–H groups in total. The summed E-state index contributed by atoms with van der Waals surface area (Å²) in [6.07, 6.45) is 0.506. The maximum Gasteiger partial charge on any atom is 0.407 e. The van der Waals surface area contributed by atoms with Crippen molar-refractivity contribution in [3.8, 4) is 11.1 Å². The number of nitrogens with one attached hydrogen (secondary N) is 2. The molecule has 0 spiro atoms. The van der Waals surface area contributed by atoms with Gasteiger partial charge in [-0.15, -0.1) is 0 Å². The van der Waals surface area contributed by atoms with Gasteiger partial charge in [-0.3, -0.25) is 4.79 Å². The van der Waals surface area contributed by atoms with E-state index in [0.717, 1.165) is 11.1 Å². The maximum atomic E-state index is 12.4. The molecule has 33 heavy (non-hydrogen) atoms. The van der Waals surface area contributed by atoms with Gasteiger partial charge in [-0.2, -0.15) is 0 Å². The number of aliphatic carboxylic acids is 1. The highest BCUT2D eigenvalue weighted by atomic mass is 16.5. The van der Waals surface area contributed by atoms with Gasteiger partial charge in [-0.25, -0.2) is 9.59 Å². The van der Waals surface area contributed by atoms with Crippen LogP contribution in [0.15, 0.2) is 48.5 Å². The number of hydrogen-bond donors (Lipinski definition) is 3. The Morgan fingerprint density at radius 3 is 2.21 bits per heavy atom. The van der Waals surface area contributed by atoms with Crippen LogP contribution in [0.2, 0.25) is 0 Å². The van der Waals surface area contributed by atoms with E-state index in [1.54, 1.807) is 0 Å². The van der Waals surface area contributed by atoms with E-state index in [1.807, 2.05) is 38.1 Å². The van der Waals surface area contributed by atoms with Crippen molar-refractivity contribution in [3.05, 3.63) is 59.7 Å². The Hall–Kier alpha value is -3.35. The number of alkyl carbamates (subject to hydrolysis) is 1. The van der Waals surface area contributed by atoms with Crippen LogP contribution in [0.1, 0.15) is 43.7 Å². The summed E-state index contributed by atoms with van der Waals surface area (Å²) < 4.78 is 5.53. The summed E-state index contributed by atoms with van der Waals surface area (Å²) in [5, 5.41) is 14.7. The van der Waals surface area contributed by atoms with E-state index >= 15 is 0 Å². The number of fused-ring (bicyclic) bond motifs is 3. The highest BCUT2D eigenvalue weighted by Crippen LogP contribution is 2.44. The molecule has 0 aliphatic heterocycles. The normalized spacial score (nSPS) is 19.4. The van der Waals surface area contributed by atoms with Crippen LogP contribution in [0.4, 0.5) is 4.79 Å². The summed E-state index contributed by atoms with van der Waals surface area (Å²) in [5.41, 5.74) is 4.65. The fraction of sp³-hybridized carbons (Fsp3) is 0.423. The number of carbonyl (C=O) groups excluding carboxylic acids is 2. The smallest absolute Gasteiger partial charge is 0.407 e. The molecule has 3 atom stereocenters. The van der Waals surface area contributed by atoms with Crippen LogP contribution >= 0.6 is 0 Å². The molecule has 0 unspecified atom stereocenters. The molecule has 7 nitrogen and oxygen atoms in total. The molecular weight excluding hydrogens is 420 g/mol. The second-order valence-electron chi connectivity index (χ2n) is 9.34. The standard InChI is InChI=1S/C26H30N2O5/c1-15(2)11-23(25(30)31)28-24(29)21-12-16(21)13-27-26(32)33-14-22-19-9-5-3-7-17(19)18-8-4-6-10-20(18)22/h3-10,15-16,21-23H,11-14H2,1-2H3,(H,27,32)(H,28,29)(H,30,31)/t16-,21-,23+/m1/s1. The Morgan fingerprint density at radius 1 is 1.03 bits per heavy atom. The lowest BCUT2D eigenvalue weighted by atomic mass is 9.98. The van der Waals surface area contributed by atoms with Crippen molar-refractivity contribution in [1.82, 2.24) is 10.6 Å². The molecule has 0 aromatic heterocycles. The summed E-state index contributed by atoms with van der Waals surface area (Å²) in [7, 11) is 0. The molecule has 7 heteroatoms. The minimum absolute atomic E-state index is 0.000947. The largest absolute Gasteiger partial charge is 0.480 e. The van der Waals surface area contributed by atoms with Crippen molar-refractivity contribution in [2.24, 2.45) is 17.8 Å². The van der Waals surface area contributed by atoms with E-state index in [-0.39, 0.29) is 36.2 Å². The predicted octanol–water partition coefficient (Wildman–Crippen LogP) is 3.78. The SMILES string of the molecule is CC(C)C[C@H](NC(=O)[C@@H]1C[C@@H]1CNC(=O)OCC1c2ccccc2-c2ccccc21)C(=O)O. The Labute approximate surface area is 193 Å². The molecule has 1 saturated carbocycles. The zero-order chi connectivity index (χ0) is 23.5. The minimum Gasteiger partial charge on any atom is -0.480 e. The van der Waals surface area contributed by atoms with Gasteiger partial charge in [0.25, 0.3) is 0 Å². The fourth-order valence-corrected chi connectivity index (χ4v) is 4.63. The average molecular weight is 451 g/mol. The molecule has 0 saturated heterocycles. The zero-order valence-corrected chi connectivity index (χ0v) is 18.9. The van der Waals surface area contributed by atoms with Crippen LogP contribution in [-0.2, 0) is 14.3 Å². The van der Waals surface area contributed by atoms with Gasteiger partial charge in [-0.05, 0) is 46.9 Å². The van der Waals surface area contributed by atoms with Crippen LogP contribution in [-0.4, -0.2) is 42.3 Å². The van der Waals surface area contributed by atoms with Gasteiger partial charge in [0.2, 0.25) is 5.91 Å². The zero-order valence-electron chi connectivity index (χ0n) is 18.9. The molecule has 1 fully saturated rings. The van der Waals surface area contributed by atoms with Crippen molar-refractivity contribution >= 4 is 18.0 Å². The van der Waals surface area contributed by atoms with Crippen LogP contribution in [0.3, 0.4) is 0 Å². The maximum absolute atomic E-state index is 12.4. The third kappa shape index (κ3) is 5.18. The summed E-state index contributed by atoms with van der Waals surface area (Å²) in [4.78, 5) is 36.0. The Bertz CT molecular complexity index is 1000. The number of benzene rings is 2. The van der Waals surface area contributed by atoms with E-state index in [4.69, 9.17) is 4.74 Å². The second kappa shape index (κ2) is 9.65. The Morgan fingerprint density at radius 2 is 1.64 bits per heavy atom. The number of carboxylic acids is 1. The summed E-state index contributed by atoms with van der Waals surface area (Å²) in [5.74, 6) is -1.39. The number of amides is 2. The Balaban J connectivity index is 1.24. The first-order valence-corrected chi connectivity index (χ1v) is 11.5. The van der Waals surface area contributed by atoms with Crippen molar-refractivity contribution in [3.63, 3.8) is 0 Å². The third-order valence-electron chi connectivity index (χ3n) is 6.43. The fourth-order valence-electron chi connectivity index (χ4n) is 4.63. The third-order valence-corrected chi connectivity index (χ3v) is 6.43. The number of rotatable bonds is 9. The van der Waals surface area contributed by atoms with Crippen LogP contribution in [0.5, 0.6) is 0 Å². The molecule has 0 radical (unpaired) electrons. The average Bonchev–Trinajstić information content (AvgIpc) is 3.51. The van der Waals surface area contributed by atoms with E-state index in [2.05, 4.69) is 34.9 Å². The molecule has 2 aliphatic carbocycles. The van der Waals surface area contributed by atoms with Gasteiger partial charge in [0.05, 0.1) is 0 Å². The quantitative estimate of drug-likeness (QED) is 0.539. The second-order valence-corrected chi connectivity index (χ2v) is 9.34. The molecular formula is C26H30N2O5. The molecule has 2 amide bonds. The van der Waals surface area contributed by atoms with Crippen LogP contribution in [0, 0.1) is 17.8 Å². The van der Waals surface area contributed by atoms with Crippen molar-refractivity contribution < 1.29 is 24.2 Å². The van der Waals surface area contributed by atoms with Crippen LogP contribution < -0.4 is 10.6 Å². The summed E-state index contributed by atoms with van der Waals surface area (Å²) in [6.45, 7) is 4.40. The van der Waals surface area contributed by atoms with Gasteiger partial charge in [0.15, 0.2) is 0 Å². The lowest BCUT2D eigenvalue weighted by Gasteiger charge is -2.16. The Kier molecular flexibility index (Phi) is 6.67. The molecule has 4 rings (SSSR count). The predicted molar refractivity (Wildman–Crippen MR) is 124 cm³/mol. The van der Waals surface area contributed by atoms with Gasteiger partial charge < -0.3 is 20.5 Å². The number of ether oxygens (including phenoxy) is 1. The van der Waals surface area contributed by atoms with Crippen molar-refractivity contribution in [2.45, 2.75) is 38.6 Å². The number of carbonyl (C=O) groups is 3. The highest BCUT2D eigenvalue weighted by Gasteiger charge is 2.44. The number of carboxylic acid groups (broad SMARTS) is 1. The first kappa shape index (κ1) is 22.8. The lowest BCUT2D eigenvalue weighted by Crippen LogP contribution is -2.42. The molecule has 2 aromatic carbocycles. The van der Waals surface area contributed by atoms with E-state index in [1.165, 1.54) is 11.1 Å². The molecule has 0 heterocycles. The van der Waals surface area contributed by atoms with E-state index in [9.17, 15) is 19.5 Å². The number of hydrogen-bond acceptors (Lipinski definition) is 4.